The van der Waals surface area contributed by atoms with Gasteiger partial charge < -0.3 is 9.73 Å². The number of alkyl halides is 3. The second kappa shape index (κ2) is 5.58. The predicted octanol–water partition coefficient (Wildman–Crippen LogP) is 3.59. The van der Waals surface area contributed by atoms with Gasteiger partial charge in [-0.25, -0.2) is 4.79 Å². The molecule has 4 rings (SSSR count). The van der Waals surface area contributed by atoms with Crippen molar-refractivity contribution in [1.82, 2.24) is 14.5 Å². The van der Waals surface area contributed by atoms with Crippen LogP contribution in [-0.4, -0.2) is 21.6 Å². The monoisotopic (exact) mass is 360 g/mol. The molecule has 3 heterocycles. The minimum atomic E-state index is -4.62. The van der Waals surface area contributed by atoms with Crippen LogP contribution in [0.2, 0.25) is 0 Å². The van der Waals surface area contributed by atoms with E-state index in [1.165, 1.54) is 31.8 Å². The van der Waals surface area contributed by atoms with Crippen LogP contribution in [-0.2, 0) is 6.18 Å². The lowest BCUT2D eigenvalue weighted by atomic mass is 10.1. The smallest absolute Gasteiger partial charge is 0.417 e. The number of nitrogens with one attached hydrogen (secondary N) is 1. The van der Waals surface area contributed by atoms with Crippen LogP contribution >= 0.6 is 0 Å². The van der Waals surface area contributed by atoms with Crippen LogP contribution in [0.3, 0.4) is 0 Å². The van der Waals surface area contributed by atoms with Crippen LogP contribution in [0, 0.1) is 0 Å². The summed E-state index contributed by atoms with van der Waals surface area (Å²) in [5.41, 5.74) is -1.29. The standard InChI is InChI=1S/C17H11F3N4O2/c1-21-15-13-12(24(16(25)23-15)9-3-2-5-22-8-9)7-11(17(18,19)20)10-4-6-26-14(10)13/h2-8H,1H3,(H,21,23,25). The van der Waals surface area contributed by atoms with Gasteiger partial charge in [0, 0.05) is 18.6 Å². The fraction of sp³-hybridized carbons (Fsp3) is 0.118. The quantitative estimate of drug-likeness (QED) is 0.591. The van der Waals surface area contributed by atoms with Crippen molar-refractivity contribution < 1.29 is 17.6 Å². The topological polar surface area (TPSA) is 73.0 Å². The summed E-state index contributed by atoms with van der Waals surface area (Å²) < 4.78 is 47.1. The third kappa shape index (κ3) is 2.32. The number of aromatic nitrogens is 3. The molecule has 0 spiro atoms. The van der Waals surface area contributed by atoms with E-state index >= 15 is 0 Å². The van der Waals surface area contributed by atoms with Crippen LogP contribution in [0.15, 0.2) is 52.1 Å². The van der Waals surface area contributed by atoms with Gasteiger partial charge in [0.25, 0.3) is 0 Å². The Morgan fingerprint density at radius 2 is 2.08 bits per heavy atom. The average Bonchev–Trinajstić information content (AvgIpc) is 3.09. The third-order valence-corrected chi connectivity index (χ3v) is 4.04. The van der Waals surface area contributed by atoms with E-state index in [1.54, 1.807) is 12.1 Å². The number of nitrogens with zero attached hydrogens (tertiary/aromatic N) is 3. The molecule has 26 heavy (non-hydrogen) atoms. The molecule has 0 radical (unpaired) electrons. The summed E-state index contributed by atoms with van der Waals surface area (Å²) in [7, 11) is 1.53. The molecule has 0 aliphatic carbocycles. The van der Waals surface area contributed by atoms with E-state index in [-0.39, 0.29) is 27.7 Å². The summed E-state index contributed by atoms with van der Waals surface area (Å²) in [4.78, 5) is 20.4. The van der Waals surface area contributed by atoms with Crippen LogP contribution in [0.4, 0.5) is 19.0 Å². The molecule has 0 unspecified atom stereocenters. The van der Waals surface area contributed by atoms with Crippen molar-refractivity contribution >= 4 is 27.7 Å². The van der Waals surface area contributed by atoms with E-state index in [1.807, 2.05) is 0 Å². The molecule has 3 aromatic heterocycles. The molecule has 0 atom stereocenters. The zero-order valence-corrected chi connectivity index (χ0v) is 13.3. The zero-order chi connectivity index (χ0) is 18.5. The van der Waals surface area contributed by atoms with E-state index in [9.17, 15) is 18.0 Å². The zero-order valence-electron chi connectivity index (χ0n) is 13.3. The van der Waals surface area contributed by atoms with E-state index in [2.05, 4.69) is 15.3 Å². The lowest BCUT2D eigenvalue weighted by Gasteiger charge is -2.15. The van der Waals surface area contributed by atoms with Crippen molar-refractivity contribution in [2.45, 2.75) is 6.18 Å². The minimum Gasteiger partial charge on any atom is -0.463 e. The highest BCUT2D eigenvalue weighted by Gasteiger charge is 2.35. The van der Waals surface area contributed by atoms with Gasteiger partial charge in [-0.15, -0.1) is 0 Å². The Morgan fingerprint density at radius 1 is 1.27 bits per heavy atom. The van der Waals surface area contributed by atoms with E-state index < -0.39 is 17.4 Å². The van der Waals surface area contributed by atoms with Gasteiger partial charge in [-0.2, -0.15) is 18.2 Å². The predicted molar refractivity (Wildman–Crippen MR) is 89.5 cm³/mol. The Hall–Kier alpha value is -3.36. The van der Waals surface area contributed by atoms with Crippen molar-refractivity contribution in [2.24, 2.45) is 0 Å². The third-order valence-electron chi connectivity index (χ3n) is 4.04. The molecular formula is C17H11F3N4O2. The van der Waals surface area contributed by atoms with Crippen LogP contribution in [0.25, 0.3) is 27.6 Å². The molecule has 132 valence electrons. The summed E-state index contributed by atoms with van der Waals surface area (Å²) in [6.07, 6.45) is -0.563. The van der Waals surface area contributed by atoms with Gasteiger partial charge in [-0.05, 0) is 24.3 Å². The average molecular weight is 360 g/mol. The number of fused-ring (bicyclic) bond motifs is 3. The van der Waals surface area contributed by atoms with Crippen molar-refractivity contribution in [1.29, 1.82) is 0 Å². The maximum absolute atomic E-state index is 13.6. The van der Waals surface area contributed by atoms with Gasteiger partial charge in [0.15, 0.2) is 0 Å². The summed E-state index contributed by atoms with van der Waals surface area (Å²) >= 11 is 0. The largest absolute Gasteiger partial charge is 0.463 e. The molecule has 1 aromatic carbocycles. The maximum atomic E-state index is 13.6. The second-order valence-corrected chi connectivity index (χ2v) is 5.52. The first-order valence-electron chi connectivity index (χ1n) is 7.54. The molecule has 0 amide bonds. The molecule has 4 aromatic rings. The maximum Gasteiger partial charge on any atom is 0.417 e. The van der Waals surface area contributed by atoms with Crippen molar-refractivity contribution in [3.05, 3.63) is 59.0 Å². The Kier molecular flexibility index (Phi) is 3.46. The molecule has 0 fully saturated rings. The number of rotatable bonds is 2. The lowest BCUT2D eigenvalue weighted by Crippen LogP contribution is -2.23. The van der Waals surface area contributed by atoms with Gasteiger partial charge in [0.05, 0.1) is 34.6 Å². The molecule has 9 heteroatoms. The Bertz CT molecular complexity index is 1180. The first-order chi connectivity index (χ1) is 12.4. The molecule has 0 saturated heterocycles. The summed E-state index contributed by atoms with van der Waals surface area (Å²) in [5.74, 6) is 0.138. The Labute approximate surface area is 143 Å². The van der Waals surface area contributed by atoms with Crippen molar-refractivity contribution in [2.75, 3.05) is 12.4 Å². The van der Waals surface area contributed by atoms with Crippen LogP contribution in [0.1, 0.15) is 5.56 Å². The highest BCUT2D eigenvalue weighted by Crippen LogP contribution is 2.40. The van der Waals surface area contributed by atoms with Crippen molar-refractivity contribution in [3.63, 3.8) is 0 Å². The highest BCUT2D eigenvalue weighted by atomic mass is 19.4. The summed E-state index contributed by atoms with van der Waals surface area (Å²) in [6, 6.07) is 5.32. The normalized spacial score (nSPS) is 12.0. The van der Waals surface area contributed by atoms with Crippen molar-refractivity contribution in [3.8, 4) is 5.69 Å². The van der Waals surface area contributed by atoms with E-state index in [4.69, 9.17) is 4.42 Å². The highest BCUT2D eigenvalue weighted by molar-refractivity contribution is 6.10. The number of furan rings is 1. The fourth-order valence-corrected chi connectivity index (χ4v) is 2.98. The van der Waals surface area contributed by atoms with Gasteiger partial charge >= 0.3 is 11.9 Å². The molecule has 1 N–H and O–H groups in total. The van der Waals surface area contributed by atoms with Gasteiger partial charge in [0.2, 0.25) is 0 Å². The molecule has 0 aliphatic rings. The van der Waals surface area contributed by atoms with Gasteiger partial charge in [0.1, 0.15) is 11.4 Å². The second-order valence-electron chi connectivity index (χ2n) is 5.52. The molecule has 0 saturated carbocycles. The number of halogens is 3. The first kappa shape index (κ1) is 16.1. The fourth-order valence-electron chi connectivity index (χ4n) is 2.98. The number of benzene rings is 1. The van der Waals surface area contributed by atoms with E-state index in [0.29, 0.717) is 5.69 Å². The molecular weight excluding hydrogens is 349 g/mol. The number of hydrogen-bond acceptors (Lipinski definition) is 5. The molecule has 0 bridgehead atoms. The van der Waals surface area contributed by atoms with Crippen LogP contribution < -0.4 is 11.0 Å². The van der Waals surface area contributed by atoms with Gasteiger partial charge in [-0.1, -0.05) is 0 Å². The number of hydrogen-bond donors (Lipinski definition) is 1. The molecule has 6 nitrogen and oxygen atoms in total. The first-order valence-corrected chi connectivity index (χ1v) is 7.54. The Morgan fingerprint density at radius 3 is 2.73 bits per heavy atom. The molecule has 0 aliphatic heterocycles. The van der Waals surface area contributed by atoms with E-state index in [0.717, 1.165) is 10.6 Å². The summed E-state index contributed by atoms with van der Waals surface area (Å²) in [5, 5.41) is 2.93. The Balaban J connectivity index is 2.27. The number of anilines is 1. The summed E-state index contributed by atoms with van der Waals surface area (Å²) in [6.45, 7) is 0. The lowest BCUT2D eigenvalue weighted by molar-refractivity contribution is -0.136. The van der Waals surface area contributed by atoms with Crippen LogP contribution in [0.5, 0.6) is 0 Å². The SMILES string of the molecule is CNc1nc(=O)n(-c2cccnc2)c2cc(C(F)(F)F)c3ccoc3c12. The minimum absolute atomic E-state index is 0.00400. The number of pyridine rings is 1. The van der Waals surface area contributed by atoms with Gasteiger partial charge in [-0.3, -0.25) is 9.55 Å².